The topological polar surface area (TPSA) is 112 Å². The third-order valence-electron chi connectivity index (χ3n) is 5.56. The van der Waals surface area contributed by atoms with Gasteiger partial charge in [0.15, 0.2) is 6.20 Å². The number of nitrogens with zero attached hydrogens (tertiary/aromatic N) is 2. The molecule has 12 heteroatoms. The molecular formula is C27H20ClF3N4O4. The van der Waals surface area contributed by atoms with Crippen molar-refractivity contribution in [2.45, 2.75) is 12.4 Å². The Balaban J connectivity index is 1.75. The van der Waals surface area contributed by atoms with Crippen LogP contribution in [0.15, 0.2) is 97.2 Å². The van der Waals surface area contributed by atoms with Crippen LogP contribution in [0.5, 0.6) is 5.75 Å². The summed E-state index contributed by atoms with van der Waals surface area (Å²) in [5.74, 6) is -1.57. The zero-order chi connectivity index (χ0) is 28.2. The summed E-state index contributed by atoms with van der Waals surface area (Å²) in [4.78, 5) is 27.1. The van der Waals surface area contributed by atoms with Crippen molar-refractivity contribution >= 4 is 34.9 Å². The van der Waals surface area contributed by atoms with Gasteiger partial charge in [0.05, 0.1) is 0 Å². The van der Waals surface area contributed by atoms with Gasteiger partial charge < -0.3 is 21.0 Å². The van der Waals surface area contributed by atoms with Crippen LogP contribution < -0.4 is 25.4 Å². The first-order valence-corrected chi connectivity index (χ1v) is 11.7. The van der Waals surface area contributed by atoms with Crippen LogP contribution >= 0.6 is 11.6 Å². The molecule has 3 amide bonds. The number of carbonyl (C=O) groups is 2. The molecule has 0 bridgehead atoms. The fourth-order valence-corrected chi connectivity index (χ4v) is 4.04. The molecule has 200 valence electrons. The van der Waals surface area contributed by atoms with E-state index in [9.17, 15) is 28.0 Å². The number of nitrogens with two attached hydrogens (primary N) is 1. The molecule has 39 heavy (non-hydrogen) atoms. The van der Waals surface area contributed by atoms with Crippen LogP contribution in [0.1, 0.15) is 11.6 Å². The number of pyridine rings is 1. The molecule has 0 spiro atoms. The minimum absolute atomic E-state index is 0.105. The standard InChI is InChI=1S/C27H20ClF3N4O4/c28-18-10-14-20(15-11-18)35(26(32)37)24(21-5-1-2-7-23(21)39-27(29,30)31)25(36)33-19-12-8-17(9-13-19)22-6-3-4-16-34(22)38/h1-16,24H,(H2,32,37)(H,33,36). The molecule has 1 aromatic heterocycles. The van der Waals surface area contributed by atoms with Gasteiger partial charge in [-0.05, 0) is 60.7 Å². The van der Waals surface area contributed by atoms with Crippen LogP contribution in [0.25, 0.3) is 11.3 Å². The summed E-state index contributed by atoms with van der Waals surface area (Å²) < 4.78 is 44.4. The molecule has 1 unspecified atom stereocenters. The predicted molar refractivity (Wildman–Crippen MR) is 139 cm³/mol. The Morgan fingerprint density at radius 2 is 1.59 bits per heavy atom. The van der Waals surface area contributed by atoms with E-state index in [4.69, 9.17) is 17.3 Å². The van der Waals surface area contributed by atoms with Gasteiger partial charge in [-0.1, -0.05) is 29.8 Å². The summed E-state index contributed by atoms with van der Waals surface area (Å²) in [5.41, 5.74) is 6.64. The normalized spacial score (nSPS) is 11.9. The highest BCUT2D eigenvalue weighted by atomic mass is 35.5. The van der Waals surface area contributed by atoms with Crippen LogP contribution in [0.3, 0.4) is 0 Å². The molecule has 8 nitrogen and oxygen atoms in total. The Morgan fingerprint density at radius 1 is 0.949 bits per heavy atom. The number of anilines is 2. The summed E-state index contributed by atoms with van der Waals surface area (Å²) >= 11 is 5.95. The maximum Gasteiger partial charge on any atom is 0.573 e. The number of carbonyl (C=O) groups excluding carboxylic acids is 2. The average Bonchev–Trinajstić information content (AvgIpc) is 2.88. The highest BCUT2D eigenvalue weighted by Gasteiger charge is 2.38. The second-order valence-corrected chi connectivity index (χ2v) is 8.59. The molecule has 1 atom stereocenters. The number of amides is 3. The number of hydrogen-bond donors (Lipinski definition) is 2. The van der Waals surface area contributed by atoms with Crippen molar-refractivity contribution in [3.8, 4) is 17.0 Å². The molecule has 0 saturated heterocycles. The van der Waals surface area contributed by atoms with Gasteiger partial charge >= 0.3 is 12.4 Å². The molecule has 3 aromatic carbocycles. The number of halogens is 4. The number of alkyl halides is 3. The van der Waals surface area contributed by atoms with E-state index in [-0.39, 0.29) is 16.9 Å². The first kappa shape index (κ1) is 27.3. The summed E-state index contributed by atoms with van der Waals surface area (Å²) in [5, 5.41) is 15.0. The van der Waals surface area contributed by atoms with Gasteiger partial charge in [-0.15, -0.1) is 13.2 Å². The first-order valence-electron chi connectivity index (χ1n) is 11.3. The van der Waals surface area contributed by atoms with Crippen molar-refractivity contribution < 1.29 is 32.2 Å². The lowest BCUT2D eigenvalue weighted by Gasteiger charge is -2.31. The first-order chi connectivity index (χ1) is 18.5. The van der Waals surface area contributed by atoms with E-state index in [1.165, 1.54) is 60.8 Å². The number of para-hydroxylation sites is 1. The number of aromatic nitrogens is 1. The molecular weight excluding hydrogens is 537 g/mol. The van der Waals surface area contributed by atoms with Gasteiger partial charge in [-0.2, -0.15) is 4.73 Å². The second-order valence-electron chi connectivity index (χ2n) is 8.15. The molecule has 3 N–H and O–H groups in total. The predicted octanol–water partition coefficient (Wildman–Crippen LogP) is 5.80. The molecule has 4 aromatic rings. The molecule has 0 aliphatic carbocycles. The third-order valence-corrected chi connectivity index (χ3v) is 5.81. The smallest absolute Gasteiger partial charge is 0.573 e. The largest absolute Gasteiger partial charge is 0.618 e. The number of hydrogen-bond acceptors (Lipinski definition) is 4. The number of benzene rings is 3. The van der Waals surface area contributed by atoms with Crippen molar-refractivity contribution in [2.24, 2.45) is 5.73 Å². The fourth-order valence-electron chi connectivity index (χ4n) is 3.91. The minimum atomic E-state index is -5.07. The zero-order valence-electron chi connectivity index (χ0n) is 19.9. The van der Waals surface area contributed by atoms with Gasteiger partial charge in [0, 0.05) is 39.7 Å². The van der Waals surface area contributed by atoms with Crippen LogP contribution in [0.2, 0.25) is 5.02 Å². The molecule has 0 aliphatic heterocycles. The van der Waals surface area contributed by atoms with Crippen molar-refractivity contribution in [2.75, 3.05) is 10.2 Å². The third kappa shape index (κ3) is 6.57. The number of rotatable bonds is 7. The summed E-state index contributed by atoms with van der Waals surface area (Å²) in [6.07, 6.45) is -3.73. The Hall–Kier alpha value is -4.77. The zero-order valence-corrected chi connectivity index (χ0v) is 20.7. The van der Waals surface area contributed by atoms with E-state index in [2.05, 4.69) is 10.1 Å². The van der Waals surface area contributed by atoms with Crippen LogP contribution in [0.4, 0.5) is 29.3 Å². The van der Waals surface area contributed by atoms with E-state index in [1.54, 1.807) is 30.3 Å². The van der Waals surface area contributed by atoms with Crippen molar-refractivity contribution in [3.05, 3.63) is 113 Å². The number of primary amides is 1. The maximum atomic E-state index is 13.6. The highest BCUT2D eigenvalue weighted by molar-refractivity contribution is 6.30. The lowest BCUT2D eigenvalue weighted by Crippen LogP contribution is -2.44. The molecule has 0 aliphatic rings. The average molecular weight is 557 g/mol. The maximum absolute atomic E-state index is 13.6. The number of ether oxygens (including phenoxy) is 1. The summed E-state index contributed by atoms with van der Waals surface area (Å²) in [6, 6.07) is 18.9. The quantitative estimate of drug-likeness (QED) is 0.221. The van der Waals surface area contributed by atoms with Crippen LogP contribution in [0, 0.1) is 5.21 Å². The Kier molecular flexibility index (Phi) is 7.91. The monoisotopic (exact) mass is 556 g/mol. The van der Waals surface area contributed by atoms with Crippen molar-refractivity contribution in [1.29, 1.82) is 0 Å². The molecule has 1 heterocycles. The van der Waals surface area contributed by atoms with Crippen LogP contribution in [-0.2, 0) is 4.79 Å². The van der Waals surface area contributed by atoms with E-state index in [0.29, 0.717) is 21.0 Å². The van der Waals surface area contributed by atoms with E-state index < -0.39 is 30.1 Å². The van der Waals surface area contributed by atoms with E-state index in [1.807, 2.05) is 0 Å². The van der Waals surface area contributed by atoms with Gasteiger partial charge in [0.25, 0.3) is 5.91 Å². The van der Waals surface area contributed by atoms with E-state index in [0.717, 1.165) is 11.0 Å². The Bertz CT molecular complexity index is 1480. The minimum Gasteiger partial charge on any atom is -0.618 e. The number of nitrogens with one attached hydrogen (secondary N) is 1. The molecule has 0 saturated carbocycles. The lowest BCUT2D eigenvalue weighted by atomic mass is 10.0. The fraction of sp³-hybridized carbons (Fsp3) is 0.0741. The van der Waals surface area contributed by atoms with Gasteiger partial charge in [0.2, 0.25) is 5.69 Å². The molecule has 4 rings (SSSR count). The Labute approximate surface area is 225 Å². The molecule has 0 fully saturated rings. The van der Waals surface area contributed by atoms with Crippen molar-refractivity contribution in [3.63, 3.8) is 0 Å². The van der Waals surface area contributed by atoms with Crippen molar-refractivity contribution in [1.82, 2.24) is 0 Å². The molecule has 0 radical (unpaired) electrons. The Morgan fingerprint density at radius 3 is 2.21 bits per heavy atom. The highest BCUT2D eigenvalue weighted by Crippen LogP contribution is 2.36. The van der Waals surface area contributed by atoms with Gasteiger partial charge in [0.1, 0.15) is 11.8 Å². The summed E-state index contributed by atoms with van der Waals surface area (Å²) in [7, 11) is 0. The number of urea groups is 1. The van der Waals surface area contributed by atoms with Gasteiger partial charge in [-0.3, -0.25) is 9.69 Å². The van der Waals surface area contributed by atoms with E-state index >= 15 is 0 Å². The SMILES string of the molecule is NC(=O)N(c1ccc(Cl)cc1)C(C(=O)Nc1ccc(-c2cccc[n+]2[O-])cc1)c1ccccc1OC(F)(F)F. The van der Waals surface area contributed by atoms with Crippen LogP contribution in [-0.4, -0.2) is 18.3 Å². The lowest BCUT2D eigenvalue weighted by molar-refractivity contribution is -0.593. The second kappa shape index (κ2) is 11.3. The summed E-state index contributed by atoms with van der Waals surface area (Å²) in [6.45, 7) is 0. The van der Waals surface area contributed by atoms with Gasteiger partial charge in [-0.25, -0.2) is 4.79 Å².